The number of carbonyl (C=O) groups is 1. The summed E-state index contributed by atoms with van der Waals surface area (Å²) in [6, 6.07) is 4.99. The van der Waals surface area contributed by atoms with Crippen molar-refractivity contribution in [3.05, 3.63) is 23.8 Å². The number of methoxy groups -OCH3 is 1. The summed E-state index contributed by atoms with van der Waals surface area (Å²) >= 11 is 0. The average molecular weight is 208 g/mol. The Hall–Kier alpha value is -1.51. The van der Waals surface area contributed by atoms with Crippen LogP contribution in [0.1, 0.15) is 25.3 Å². The third-order valence-electron chi connectivity index (χ3n) is 2.21. The second kappa shape index (κ2) is 5.39. The van der Waals surface area contributed by atoms with Crippen LogP contribution in [0.2, 0.25) is 0 Å². The highest BCUT2D eigenvalue weighted by molar-refractivity contribution is 5.81. The Bertz CT molecular complexity index is 345. The molecule has 0 amide bonds. The third kappa shape index (κ3) is 3.27. The molecule has 0 saturated heterocycles. The standard InChI is InChI=1S/C12H16O3/c1-3-4-10(13)7-9-5-6-11(15-2)8-12(9)14/h5-6,8,14H,3-4,7H2,1-2H3. The molecule has 0 aliphatic carbocycles. The summed E-state index contributed by atoms with van der Waals surface area (Å²) in [5.41, 5.74) is 0.661. The summed E-state index contributed by atoms with van der Waals surface area (Å²) in [7, 11) is 1.54. The first kappa shape index (κ1) is 11.6. The fraction of sp³-hybridized carbons (Fsp3) is 0.417. The smallest absolute Gasteiger partial charge is 0.137 e. The van der Waals surface area contributed by atoms with Crippen molar-refractivity contribution in [2.75, 3.05) is 7.11 Å². The second-order valence-electron chi connectivity index (χ2n) is 3.46. The molecular formula is C12H16O3. The second-order valence-corrected chi connectivity index (χ2v) is 3.46. The Morgan fingerprint density at radius 3 is 2.73 bits per heavy atom. The van der Waals surface area contributed by atoms with Gasteiger partial charge in [-0.15, -0.1) is 0 Å². The van der Waals surface area contributed by atoms with Crippen LogP contribution >= 0.6 is 0 Å². The van der Waals surface area contributed by atoms with E-state index in [1.807, 2.05) is 6.92 Å². The molecule has 1 aromatic rings. The molecule has 0 spiro atoms. The van der Waals surface area contributed by atoms with Gasteiger partial charge < -0.3 is 9.84 Å². The molecule has 0 unspecified atom stereocenters. The van der Waals surface area contributed by atoms with Gasteiger partial charge in [-0.25, -0.2) is 0 Å². The number of carbonyl (C=O) groups excluding carboxylic acids is 1. The number of Topliss-reactive ketones (excluding diaryl/α,β-unsaturated/α-hetero) is 1. The van der Waals surface area contributed by atoms with Gasteiger partial charge in [-0.05, 0) is 12.5 Å². The highest BCUT2D eigenvalue weighted by atomic mass is 16.5. The third-order valence-corrected chi connectivity index (χ3v) is 2.21. The van der Waals surface area contributed by atoms with Crippen molar-refractivity contribution in [2.24, 2.45) is 0 Å². The van der Waals surface area contributed by atoms with E-state index in [0.29, 0.717) is 24.2 Å². The molecule has 3 heteroatoms. The van der Waals surface area contributed by atoms with E-state index in [1.54, 1.807) is 12.1 Å². The maximum Gasteiger partial charge on any atom is 0.137 e. The quantitative estimate of drug-likeness (QED) is 0.807. The number of phenolic OH excluding ortho intramolecular Hbond substituents is 1. The number of benzene rings is 1. The largest absolute Gasteiger partial charge is 0.508 e. The minimum Gasteiger partial charge on any atom is -0.508 e. The Morgan fingerprint density at radius 1 is 1.47 bits per heavy atom. The summed E-state index contributed by atoms with van der Waals surface area (Å²) in [6.45, 7) is 1.96. The van der Waals surface area contributed by atoms with E-state index in [4.69, 9.17) is 4.74 Å². The molecule has 82 valence electrons. The van der Waals surface area contributed by atoms with Crippen LogP contribution in [0.15, 0.2) is 18.2 Å². The fourth-order valence-electron chi connectivity index (χ4n) is 1.40. The average Bonchev–Trinajstić information content (AvgIpc) is 2.21. The van der Waals surface area contributed by atoms with E-state index < -0.39 is 0 Å². The van der Waals surface area contributed by atoms with Gasteiger partial charge >= 0.3 is 0 Å². The first-order valence-corrected chi connectivity index (χ1v) is 5.05. The SMILES string of the molecule is CCCC(=O)Cc1ccc(OC)cc1O. The summed E-state index contributed by atoms with van der Waals surface area (Å²) in [5.74, 6) is 0.871. The van der Waals surface area contributed by atoms with Crippen molar-refractivity contribution < 1.29 is 14.6 Å². The van der Waals surface area contributed by atoms with Crippen LogP contribution in [-0.4, -0.2) is 18.0 Å². The topological polar surface area (TPSA) is 46.5 Å². The highest BCUT2D eigenvalue weighted by Gasteiger charge is 2.07. The zero-order chi connectivity index (χ0) is 11.3. The minimum atomic E-state index is 0.124. The molecule has 1 N–H and O–H groups in total. The summed E-state index contributed by atoms with van der Waals surface area (Å²) in [6.07, 6.45) is 1.70. The zero-order valence-corrected chi connectivity index (χ0v) is 9.12. The first-order chi connectivity index (χ1) is 7.17. The molecule has 0 saturated carbocycles. The number of hydrogen-bond donors (Lipinski definition) is 1. The van der Waals surface area contributed by atoms with E-state index in [9.17, 15) is 9.90 Å². The minimum absolute atomic E-state index is 0.124. The van der Waals surface area contributed by atoms with Gasteiger partial charge in [-0.3, -0.25) is 4.79 Å². The molecule has 0 aliphatic rings. The molecule has 0 radical (unpaired) electrons. The number of ketones is 1. The van der Waals surface area contributed by atoms with Crippen LogP contribution < -0.4 is 4.74 Å². The van der Waals surface area contributed by atoms with Crippen molar-refractivity contribution >= 4 is 5.78 Å². The molecule has 1 aromatic carbocycles. The number of phenols is 1. The maximum atomic E-state index is 11.4. The van der Waals surface area contributed by atoms with Crippen LogP contribution in [0.5, 0.6) is 11.5 Å². The van der Waals surface area contributed by atoms with Gasteiger partial charge in [0, 0.05) is 24.5 Å². The van der Waals surface area contributed by atoms with Crippen molar-refractivity contribution in [1.82, 2.24) is 0 Å². The van der Waals surface area contributed by atoms with Gasteiger partial charge in [0.05, 0.1) is 7.11 Å². The number of rotatable bonds is 5. The van der Waals surface area contributed by atoms with Crippen molar-refractivity contribution in [3.63, 3.8) is 0 Å². The zero-order valence-electron chi connectivity index (χ0n) is 9.12. The molecule has 0 aliphatic heterocycles. The lowest BCUT2D eigenvalue weighted by atomic mass is 10.1. The number of hydrogen-bond acceptors (Lipinski definition) is 3. The maximum absolute atomic E-state index is 11.4. The van der Waals surface area contributed by atoms with E-state index in [1.165, 1.54) is 13.2 Å². The monoisotopic (exact) mass is 208 g/mol. The van der Waals surface area contributed by atoms with Gasteiger partial charge in [-0.1, -0.05) is 13.0 Å². The van der Waals surface area contributed by atoms with Gasteiger partial charge in [0.25, 0.3) is 0 Å². The van der Waals surface area contributed by atoms with E-state index >= 15 is 0 Å². The Balaban J connectivity index is 2.73. The summed E-state index contributed by atoms with van der Waals surface area (Å²) in [5, 5.41) is 9.61. The number of ether oxygens (including phenoxy) is 1. The van der Waals surface area contributed by atoms with Gasteiger partial charge in [0.15, 0.2) is 0 Å². The fourth-order valence-corrected chi connectivity index (χ4v) is 1.40. The highest BCUT2D eigenvalue weighted by Crippen LogP contribution is 2.24. The van der Waals surface area contributed by atoms with Crippen molar-refractivity contribution in [1.29, 1.82) is 0 Å². The lowest BCUT2D eigenvalue weighted by molar-refractivity contribution is -0.118. The van der Waals surface area contributed by atoms with Crippen LogP contribution in [-0.2, 0) is 11.2 Å². The van der Waals surface area contributed by atoms with Crippen LogP contribution in [0.3, 0.4) is 0 Å². The molecule has 0 bridgehead atoms. The lowest BCUT2D eigenvalue weighted by Gasteiger charge is -2.05. The van der Waals surface area contributed by atoms with Gasteiger partial charge in [0.2, 0.25) is 0 Å². The predicted molar refractivity (Wildman–Crippen MR) is 58.3 cm³/mol. The molecule has 1 rings (SSSR count). The van der Waals surface area contributed by atoms with Crippen molar-refractivity contribution in [3.8, 4) is 11.5 Å². The van der Waals surface area contributed by atoms with Gasteiger partial charge in [-0.2, -0.15) is 0 Å². The van der Waals surface area contributed by atoms with E-state index in [0.717, 1.165) is 6.42 Å². The summed E-state index contributed by atoms with van der Waals surface area (Å²) < 4.78 is 4.96. The Labute approximate surface area is 89.7 Å². The van der Waals surface area contributed by atoms with Crippen LogP contribution in [0, 0.1) is 0 Å². The summed E-state index contributed by atoms with van der Waals surface area (Å²) in [4.78, 5) is 11.4. The van der Waals surface area contributed by atoms with Crippen LogP contribution in [0.25, 0.3) is 0 Å². The van der Waals surface area contributed by atoms with Crippen molar-refractivity contribution in [2.45, 2.75) is 26.2 Å². The van der Waals surface area contributed by atoms with Crippen LogP contribution in [0.4, 0.5) is 0 Å². The lowest BCUT2D eigenvalue weighted by Crippen LogP contribution is -2.02. The van der Waals surface area contributed by atoms with Gasteiger partial charge in [0.1, 0.15) is 17.3 Å². The molecule has 0 aromatic heterocycles. The molecule has 15 heavy (non-hydrogen) atoms. The molecule has 3 nitrogen and oxygen atoms in total. The van der Waals surface area contributed by atoms with E-state index in [-0.39, 0.29) is 11.5 Å². The first-order valence-electron chi connectivity index (χ1n) is 5.05. The Kier molecular flexibility index (Phi) is 4.16. The molecule has 0 heterocycles. The molecule has 0 atom stereocenters. The predicted octanol–water partition coefficient (Wildman–Crippen LogP) is 2.31. The number of aromatic hydroxyl groups is 1. The molecule has 0 fully saturated rings. The van der Waals surface area contributed by atoms with E-state index in [2.05, 4.69) is 0 Å². The molecular weight excluding hydrogens is 192 g/mol. The Morgan fingerprint density at radius 2 is 2.20 bits per heavy atom. The normalized spacial score (nSPS) is 10.0.